The molecule has 0 heterocycles. The Morgan fingerprint density at radius 1 is 0.719 bits per heavy atom. The molecule has 0 radical (unpaired) electrons. The van der Waals surface area contributed by atoms with Gasteiger partial charge in [-0.25, -0.2) is 0 Å². The van der Waals surface area contributed by atoms with Crippen molar-refractivity contribution in [3.8, 4) is 0 Å². The van der Waals surface area contributed by atoms with Gasteiger partial charge in [0.05, 0.1) is 27.7 Å². The number of rotatable bonds is 23. The first kappa shape index (κ1) is 31.9. The topological polar surface area (TPSA) is 46.5 Å². The van der Waals surface area contributed by atoms with Crippen LogP contribution in [-0.4, -0.2) is 42.9 Å². The van der Waals surface area contributed by atoms with Crippen molar-refractivity contribution in [2.24, 2.45) is 0 Å². The maximum atomic E-state index is 12.5. The van der Waals surface area contributed by atoms with E-state index >= 15 is 0 Å². The third-order valence-corrected chi connectivity index (χ3v) is 8.69. The number of unbranched alkanes of at least 4 members (excludes halogenated alkanes) is 15. The molecule has 5 heteroatoms. The van der Waals surface area contributed by atoms with E-state index in [1.807, 2.05) is 28.1 Å². The molecule has 0 aromatic rings. The molecule has 0 bridgehead atoms. The maximum Gasteiger partial charge on any atom is 0.385 e. The minimum Gasteiger partial charge on any atom is -0.320 e. The normalized spacial score (nSPS) is 15.3. The van der Waals surface area contributed by atoms with Crippen molar-refractivity contribution in [3.05, 3.63) is 12.2 Å². The Labute approximate surface area is 201 Å². The zero-order chi connectivity index (χ0) is 24.1. The second kappa shape index (κ2) is 20.2. The predicted octanol–water partition coefficient (Wildman–Crippen LogP) is 8.84. The van der Waals surface area contributed by atoms with Gasteiger partial charge in [-0.3, -0.25) is 4.57 Å². The number of quaternary nitrogens is 1. The maximum absolute atomic E-state index is 12.5. The van der Waals surface area contributed by atoms with E-state index in [-0.39, 0.29) is 5.78 Å². The molecule has 192 valence electrons. The van der Waals surface area contributed by atoms with Gasteiger partial charge < -0.3 is 13.9 Å². The van der Waals surface area contributed by atoms with Crippen LogP contribution in [0.15, 0.2) is 12.2 Å². The summed E-state index contributed by atoms with van der Waals surface area (Å²) in [5.41, 5.74) is 0. The first-order chi connectivity index (χ1) is 15.3. The number of allylic oxidation sites excluding steroid dienone is 2. The van der Waals surface area contributed by atoms with Gasteiger partial charge >= 0.3 is 7.60 Å². The highest BCUT2D eigenvalue weighted by Crippen LogP contribution is 2.51. The zero-order valence-corrected chi connectivity index (χ0v) is 23.2. The first-order valence-corrected chi connectivity index (χ1v) is 15.3. The van der Waals surface area contributed by atoms with Crippen molar-refractivity contribution in [3.63, 3.8) is 0 Å². The molecule has 0 saturated heterocycles. The second-order valence-corrected chi connectivity index (χ2v) is 12.4. The Morgan fingerprint density at radius 3 is 1.50 bits per heavy atom. The highest BCUT2D eigenvalue weighted by atomic mass is 31.2. The molecule has 32 heavy (non-hydrogen) atoms. The zero-order valence-electron chi connectivity index (χ0n) is 22.3. The Kier molecular flexibility index (Phi) is 20.1. The number of hydrogen-bond acceptors (Lipinski definition) is 2. The van der Waals surface area contributed by atoms with Gasteiger partial charge in [0.25, 0.3) is 0 Å². The molecule has 1 N–H and O–H groups in total. The molecular weight excluding hydrogens is 417 g/mol. The summed E-state index contributed by atoms with van der Waals surface area (Å²) >= 11 is 0. The lowest BCUT2D eigenvalue weighted by Crippen LogP contribution is -2.44. The van der Waals surface area contributed by atoms with Gasteiger partial charge in [-0.15, -0.1) is 0 Å². The van der Waals surface area contributed by atoms with Gasteiger partial charge in [-0.05, 0) is 25.7 Å². The molecule has 4 nitrogen and oxygen atoms in total. The lowest BCUT2D eigenvalue weighted by Gasteiger charge is -2.35. The van der Waals surface area contributed by atoms with Crippen molar-refractivity contribution in [1.29, 1.82) is 0 Å². The minimum atomic E-state index is -3.55. The Balaban J connectivity index is 3.40. The van der Waals surface area contributed by atoms with Crippen LogP contribution in [0.3, 0.4) is 0 Å². The molecule has 0 spiro atoms. The van der Waals surface area contributed by atoms with Gasteiger partial charge in [0, 0.05) is 6.42 Å². The highest BCUT2D eigenvalue weighted by molar-refractivity contribution is 7.53. The van der Waals surface area contributed by atoms with E-state index in [1.54, 1.807) is 0 Å². The SMILES string of the molecule is CC/C=C\CCCCCCCCCCCCCCCCCOP(=O)(O)C(CC)[N+](C)(C)C. The van der Waals surface area contributed by atoms with Crippen molar-refractivity contribution >= 4 is 7.60 Å². The second-order valence-electron chi connectivity index (χ2n) is 10.4. The lowest BCUT2D eigenvalue weighted by atomic mass is 10.0. The first-order valence-electron chi connectivity index (χ1n) is 13.7. The lowest BCUT2D eigenvalue weighted by molar-refractivity contribution is -0.883. The van der Waals surface area contributed by atoms with Gasteiger partial charge in [0.2, 0.25) is 0 Å². The monoisotopic (exact) mass is 474 g/mol. The summed E-state index contributed by atoms with van der Waals surface area (Å²) in [5, 5.41) is 0. The van der Waals surface area contributed by atoms with E-state index in [0.29, 0.717) is 17.5 Å². The van der Waals surface area contributed by atoms with E-state index in [0.717, 1.165) is 12.8 Å². The average Bonchev–Trinajstić information content (AvgIpc) is 2.71. The third-order valence-electron chi connectivity index (χ3n) is 6.33. The highest BCUT2D eigenvalue weighted by Gasteiger charge is 2.41. The van der Waals surface area contributed by atoms with Crippen molar-refractivity contribution in [2.75, 3.05) is 27.7 Å². The Hall–Kier alpha value is -0.150. The smallest absolute Gasteiger partial charge is 0.320 e. The van der Waals surface area contributed by atoms with Gasteiger partial charge in [-0.1, -0.05) is 109 Å². The van der Waals surface area contributed by atoms with Gasteiger partial charge in [0.15, 0.2) is 5.78 Å². The van der Waals surface area contributed by atoms with Crippen LogP contribution in [-0.2, 0) is 9.09 Å². The van der Waals surface area contributed by atoms with E-state index in [4.69, 9.17) is 4.52 Å². The van der Waals surface area contributed by atoms with Crippen molar-refractivity contribution < 1.29 is 18.5 Å². The quantitative estimate of drug-likeness (QED) is 0.0696. The van der Waals surface area contributed by atoms with Crippen molar-refractivity contribution in [1.82, 2.24) is 0 Å². The fourth-order valence-electron chi connectivity index (χ4n) is 4.44. The summed E-state index contributed by atoms with van der Waals surface area (Å²) in [6.45, 7) is 4.56. The molecule has 0 saturated carbocycles. The standard InChI is InChI=1S/C27H56NO3P/c1-6-8-9-10-11-12-13-14-15-16-17-18-19-20-21-22-23-24-25-26-31-32(29,30)27(7-2)28(3,4)5/h8-9,27H,6-7,10-26H2,1-5H3/p+1/b9-8-. The summed E-state index contributed by atoms with van der Waals surface area (Å²) in [4.78, 5) is 10.3. The molecule has 0 rings (SSSR count). The van der Waals surface area contributed by atoms with Gasteiger partial charge in [-0.2, -0.15) is 0 Å². The molecule has 2 atom stereocenters. The molecule has 0 fully saturated rings. The summed E-state index contributed by atoms with van der Waals surface area (Å²) in [7, 11) is 2.31. The third kappa shape index (κ3) is 18.3. The molecule has 0 aliphatic carbocycles. The Morgan fingerprint density at radius 2 is 1.12 bits per heavy atom. The summed E-state index contributed by atoms with van der Waals surface area (Å²) in [5.74, 6) is -0.347. The van der Waals surface area contributed by atoms with E-state index in [9.17, 15) is 9.46 Å². The molecule has 2 unspecified atom stereocenters. The molecular formula is C27H57NO3P+. The van der Waals surface area contributed by atoms with Crippen LogP contribution in [0.1, 0.15) is 129 Å². The summed E-state index contributed by atoms with van der Waals surface area (Å²) in [6, 6.07) is 0. The number of nitrogens with zero attached hydrogens (tertiary/aromatic N) is 1. The fraction of sp³-hybridized carbons (Fsp3) is 0.926. The summed E-state index contributed by atoms with van der Waals surface area (Å²) < 4.78 is 18.4. The van der Waals surface area contributed by atoms with Crippen LogP contribution in [0.5, 0.6) is 0 Å². The van der Waals surface area contributed by atoms with Gasteiger partial charge in [0.1, 0.15) is 0 Å². The Bertz CT molecular complexity index is 488. The predicted molar refractivity (Wildman–Crippen MR) is 141 cm³/mol. The van der Waals surface area contributed by atoms with Crippen LogP contribution in [0.4, 0.5) is 0 Å². The van der Waals surface area contributed by atoms with E-state index < -0.39 is 7.60 Å². The van der Waals surface area contributed by atoms with Crippen LogP contribution in [0.2, 0.25) is 0 Å². The van der Waals surface area contributed by atoms with E-state index in [2.05, 4.69) is 19.1 Å². The number of hydrogen-bond donors (Lipinski definition) is 1. The fourth-order valence-corrected chi connectivity index (χ4v) is 6.34. The summed E-state index contributed by atoms with van der Waals surface area (Å²) in [6.07, 6.45) is 27.4. The molecule has 0 aliphatic rings. The molecule has 0 aromatic carbocycles. The van der Waals surface area contributed by atoms with Crippen LogP contribution in [0, 0.1) is 0 Å². The minimum absolute atomic E-state index is 0.347. The van der Waals surface area contributed by atoms with Crippen LogP contribution >= 0.6 is 7.60 Å². The molecule has 0 amide bonds. The average molecular weight is 475 g/mol. The van der Waals surface area contributed by atoms with Crippen molar-refractivity contribution in [2.45, 2.75) is 135 Å². The molecule has 0 aromatic heterocycles. The largest absolute Gasteiger partial charge is 0.385 e. The molecule has 0 aliphatic heterocycles. The van der Waals surface area contributed by atoms with E-state index in [1.165, 1.54) is 96.3 Å². The van der Waals surface area contributed by atoms with Crippen LogP contribution < -0.4 is 0 Å². The van der Waals surface area contributed by atoms with Crippen LogP contribution in [0.25, 0.3) is 0 Å².